The molecule has 3 unspecified atom stereocenters. The van der Waals surface area contributed by atoms with Crippen LogP contribution in [0.1, 0.15) is 23.6 Å². The highest BCUT2D eigenvalue weighted by Crippen LogP contribution is 2.60. The summed E-state index contributed by atoms with van der Waals surface area (Å²) in [6.45, 7) is 2.38. The molecule has 0 nitrogen and oxygen atoms in total. The largest absolute Gasteiger partial charge is 0.0802 e. The molecule has 6 rings (SSSR count). The Bertz CT molecular complexity index is 1050. The van der Waals surface area contributed by atoms with Gasteiger partial charge in [-0.1, -0.05) is 104 Å². The quantitative estimate of drug-likeness (QED) is 0.505. The second-order valence-electron chi connectivity index (χ2n) is 8.20. The molecule has 27 heavy (non-hydrogen) atoms. The Balaban J connectivity index is 1.73. The number of hydrogen-bond acceptors (Lipinski definition) is 0. The lowest BCUT2D eigenvalue weighted by Crippen LogP contribution is -2.29. The monoisotopic (exact) mass is 346 g/mol. The van der Waals surface area contributed by atoms with Crippen molar-refractivity contribution in [3.05, 3.63) is 119 Å². The predicted molar refractivity (Wildman–Crippen MR) is 112 cm³/mol. The van der Waals surface area contributed by atoms with Crippen molar-refractivity contribution in [1.29, 1.82) is 0 Å². The van der Waals surface area contributed by atoms with E-state index >= 15 is 0 Å². The minimum atomic E-state index is -0.210. The maximum Gasteiger partial charge on any atom is 0.0710 e. The van der Waals surface area contributed by atoms with Gasteiger partial charge in [-0.2, -0.15) is 0 Å². The fourth-order valence-corrected chi connectivity index (χ4v) is 5.53. The Kier molecular flexibility index (Phi) is 3.00. The number of benzene rings is 3. The highest BCUT2D eigenvalue weighted by molar-refractivity contribution is 5.86. The van der Waals surface area contributed by atoms with E-state index in [1.165, 1.54) is 33.4 Å². The third kappa shape index (κ3) is 1.88. The Morgan fingerprint density at radius 2 is 1.26 bits per heavy atom. The zero-order chi connectivity index (χ0) is 18.0. The van der Waals surface area contributed by atoms with Crippen LogP contribution < -0.4 is 0 Å². The van der Waals surface area contributed by atoms with E-state index in [9.17, 15) is 0 Å². The van der Waals surface area contributed by atoms with Gasteiger partial charge in [-0.15, -0.1) is 0 Å². The first kappa shape index (κ1) is 15.2. The average molecular weight is 346 g/mol. The van der Waals surface area contributed by atoms with E-state index in [1.54, 1.807) is 0 Å². The van der Waals surface area contributed by atoms with E-state index in [-0.39, 0.29) is 5.41 Å². The number of allylic oxidation sites excluding steroid dienone is 4. The van der Waals surface area contributed by atoms with E-state index in [2.05, 4.69) is 104 Å². The van der Waals surface area contributed by atoms with Crippen molar-refractivity contribution in [3.63, 3.8) is 0 Å². The Morgan fingerprint density at radius 3 is 1.89 bits per heavy atom. The van der Waals surface area contributed by atoms with Crippen LogP contribution in [0.2, 0.25) is 0 Å². The molecule has 0 aromatic heterocycles. The van der Waals surface area contributed by atoms with Gasteiger partial charge in [0.05, 0.1) is 5.41 Å². The summed E-state index contributed by atoms with van der Waals surface area (Å²) in [6, 6.07) is 29.0. The molecular weight excluding hydrogens is 324 g/mol. The van der Waals surface area contributed by atoms with Gasteiger partial charge in [0, 0.05) is 0 Å². The van der Waals surface area contributed by atoms with Crippen molar-refractivity contribution in [1.82, 2.24) is 0 Å². The molecule has 1 fully saturated rings. The molecule has 0 aliphatic heterocycles. The number of rotatable bonds is 2. The van der Waals surface area contributed by atoms with Crippen LogP contribution in [0.5, 0.6) is 0 Å². The van der Waals surface area contributed by atoms with Gasteiger partial charge < -0.3 is 0 Å². The smallest absolute Gasteiger partial charge is 0.0710 e. The van der Waals surface area contributed by atoms with Crippen molar-refractivity contribution >= 4 is 0 Å². The van der Waals surface area contributed by atoms with Gasteiger partial charge in [0.1, 0.15) is 0 Å². The van der Waals surface area contributed by atoms with Gasteiger partial charge >= 0.3 is 0 Å². The summed E-state index contributed by atoms with van der Waals surface area (Å²) in [4.78, 5) is 0. The van der Waals surface area contributed by atoms with Gasteiger partial charge in [-0.05, 0) is 51.1 Å². The van der Waals surface area contributed by atoms with Crippen molar-refractivity contribution in [2.75, 3.05) is 0 Å². The fraction of sp³-hybridized carbons (Fsp3) is 0.185. The molecule has 3 aliphatic carbocycles. The molecule has 0 heteroatoms. The number of hydrogen-bond donors (Lipinski definition) is 0. The highest BCUT2D eigenvalue weighted by atomic mass is 14.5. The van der Waals surface area contributed by atoms with E-state index in [1.807, 2.05) is 0 Å². The van der Waals surface area contributed by atoms with E-state index in [0.29, 0.717) is 5.92 Å². The SMILES string of the molecule is CC1C2C=CC(C3(c4ccccc4)c4ccccc4-c4ccccc43)=CC12. The lowest BCUT2D eigenvalue weighted by Gasteiger charge is -2.35. The second-order valence-corrected chi connectivity index (χ2v) is 8.20. The van der Waals surface area contributed by atoms with Gasteiger partial charge in [0.2, 0.25) is 0 Å². The van der Waals surface area contributed by atoms with Crippen LogP contribution in [0.3, 0.4) is 0 Å². The summed E-state index contributed by atoms with van der Waals surface area (Å²) >= 11 is 0. The van der Waals surface area contributed by atoms with E-state index < -0.39 is 0 Å². The molecule has 0 bridgehead atoms. The molecule has 0 spiro atoms. The summed E-state index contributed by atoms with van der Waals surface area (Å²) in [5.74, 6) is 2.22. The molecule has 0 radical (unpaired) electrons. The summed E-state index contributed by atoms with van der Waals surface area (Å²) < 4.78 is 0. The summed E-state index contributed by atoms with van der Waals surface area (Å²) in [7, 11) is 0. The Labute approximate surface area is 160 Å². The summed E-state index contributed by atoms with van der Waals surface area (Å²) in [5.41, 5.74) is 8.18. The van der Waals surface area contributed by atoms with Crippen molar-refractivity contribution in [2.45, 2.75) is 12.3 Å². The Morgan fingerprint density at radius 1 is 0.667 bits per heavy atom. The molecule has 3 aromatic carbocycles. The molecule has 3 aliphatic rings. The molecule has 0 heterocycles. The second kappa shape index (κ2) is 5.33. The van der Waals surface area contributed by atoms with Crippen molar-refractivity contribution < 1.29 is 0 Å². The van der Waals surface area contributed by atoms with Crippen LogP contribution in [-0.2, 0) is 5.41 Å². The first-order valence-corrected chi connectivity index (χ1v) is 9.97. The minimum absolute atomic E-state index is 0.210. The van der Waals surface area contributed by atoms with Gasteiger partial charge in [0.25, 0.3) is 0 Å². The van der Waals surface area contributed by atoms with Crippen LogP contribution >= 0.6 is 0 Å². The third-order valence-electron chi connectivity index (χ3n) is 6.98. The van der Waals surface area contributed by atoms with Gasteiger partial charge in [0.15, 0.2) is 0 Å². The van der Waals surface area contributed by atoms with Crippen LogP contribution in [0.15, 0.2) is 103 Å². The summed E-state index contributed by atoms with van der Waals surface area (Å²) in [5, 5.41) is 0. The van der Waals surface area contributed by atoms with Gasteiger partial charge in [-0.25, -0.2) is 0 Å². The molecule has 3 atom stereocenters. The van der Waals surface area contributed by atoms with Crippen molar-refractivity contribution in [3.8, 4) is 11.1 Å². The standard InChI is InChI=1S/C27H22/c1-18-21-16-15-20(17-24(18)21)27(19-9-3-2-4-10-19)25-13-7-5-11-22(25)23-12-6-8-14-26(23)27/h2-18,21,24H,1H3. The summed E-state index contributed by atoms with van der Waals surface area (Å²) in [6.07, 6.45) is 7.44. The van der Waals surface area contributed by atoms with E-state index in [4.69, 9.17) is 0 Å². The first-order chi connectivity index (χ1) is 13.3. The zero-order valence-electron chi connectivity index (χ0n) is 15.5. The lowest BCUT2D eigenvalue weighted by atomic mass is 9.66. The van der Waals surface area contributed by atoms with E-state index in [0.717, 1.165) is 11.8 Å². The maximum atomic E-state index is 2.57. The van der Waals surface area contributed by atoms with Crippen LogP contribution in [-0.4, -0.2) is 0 Å². The molecule has 130 valence electrons. The molecule has 1 saturated carbocycles. The third-order valence-corrected chi connectivity index (χ3v) is 6.98. The molecule has 3 aromatic rings. The normalized spacial score (nSPS) is 26.0. The van der Waals surface area contributed by atoms with Crippen LogP contribution in [0, 0.1) is 17.8 Å². The fourth-order valence-electron chi connectivity index (χ4n) is 5.53. The minimum Gasteiger partial charge on any atom is -0.0802 e. The molecule has 0 saturated heterocycles. The first-order valence-electron chi connectivity index (χ1n) is 9.97. The molecule has 0 N–H and O–H groups in total. The number of fused-ring (bicyclic) bond motifs is 4. The van der Waals surface area contributed by atoms with Crippen LogP contribution in [0.25, 0.3) is 11.1 Å². The van der Waals surface area contributed by atoms with Gasteiger partial charge in [-0.3, -0.25) is 0 Å². The van der Waals surface area contributed by atoms with Crippen LogP contribution in [0.4, 0.5) is 0 Å². The van der Waals surface area contributed by atoms with Crippen molar-refractivity contribution in [2.24, 2.45) is 17.8 Å². The lowest BCUT2D eigenvalue weighted by molar-refractivity contribution is 0.746. The molecular formula is C27H22. The topological polar surface area (TPSA) is 0 Å². The highest BCUT2D eigenvalue weighted by Gasteiger charge is 2.51. The average Bonchev–Trinajstić information content (AvgIpc) is 3.28. The zero-order valence-corrected chi connectivity index (χ0v) is 15.5. The maximum absolute atomic E-state index is 2.57. The predicted octanol–water partition coefficient (Wildman–Crippen LogP) is 6.38. The Hall–Kier alpha value is -2.86. The molecule has 0 amide bonds.